The molecule has 1 N–H and O–H groups in total. The van der Waals surface area contributed by atoms with Crippen molar-refractivity contribution in [2.45, 2.75) is 25.9 Å². The quantitative estimate of drug-likeness (QED) is 0.483. The molecule has 0 saturated heterocycles. The van der Waals surface area contributed by atoms with Crippen molar-refractivity contribution in [3.05, 3.63) is 77.3 Å². The fraction of sp³-hybridized carbons (Fsp3) is 0.280. The van der Waals surface area contributed by atoms with Gasteiger partial charge >= 0.3 is 0 Å². The molecule has 0 spiro atoms. The maximum Gasteiger partial charge on any atom is 0.244 e. The van der Waals surface area contributed by atoms with Crippen LogP contribution in [0.1, 0.15) is 18.9 Å². The molecular weight excluding hydrogens is 474 g/mol. The molecule has 1 atom stereocenters. The molecule has 0 saturated carbocycles. The third-order valence-electron chi connectivity index (χ3n) is 5.65. The molecule has 0 bridgehead atoms. The molecule has 180 valence electrons. The van der Waals surface area contributed by atoms with Gasteiger partial charge in [0.2, 0.25) is 21.8 Å². The molecule has 0 fully saturated rings. The minimum absolute atomic E-state index is 0.0670. The highest BCUT2D eigenvalue weighted by atomic mass is 35.5. The Morgan fingerprint density at radius 2 is 1.65 bits per heavy atom. The highest BCUT2D eigenvalue weighted by Gasteiger charge is 2.32. The Morgan fingerprint density at radius 1 is 1.00 bits per heavy atom. The summed E-state index contributed by atoms with van der Waals surface area (Å²) >= 11 is 6.33. The van der Waals surface area contributed by atoms with E-state index in [1.54, 1.807) is 43.3 Å². The molecule has 3 aromatic carbocycles. The molecule has 0 aliphatic rings. The molecule has 2 amide bonds. The van der Waals surface area contributed by atoms with Crippen molar-refractivity contribution in [1.29, 1.82) is 0 Å². The van der Waals surface area contributed by atoms with Gasteiger partial charge in [0.15, 0.2) is 0 Å². The van der Waals surface area contributed by atoms with Crippen LogP contribution < -0.4 is 9.62 Å². The average Bonchev–Trinajstić information content (AvgIpc) is 2.82. The van der Waals surface area contributed by atoms with Gasteiger partial charge in [-0.2, -0.15) is 0 Å². The minimum Gasteiger partial charge on any atom is -0.357 e. The molecule has 7 nitrogen and oxygen atoms in total. The molecule has 3 rings (SSSR count). The number of carbonyl (C=O) groups excluding carboxylic acids is 2. The summed E-state index contributed by atoms with van der Waals surface area (Å²) in [6, 6.07) is 18.9. The SMILES string of the molecule is CC[C@H](C(=O)NC)N(Cc1ccccc1Cl)C(=O)CN(c1cccc2ccccc12)S(C)(=O)=O. The first kappa shape index (κ1) is 25.5. The predicted molar refractivity (Wildman–Crippen MR) is 136 cm³/mol. The van der Waals surface area contributed by atoms with E-state index in [-0.39, 0.29) is 12.5 Å². The van der Waals surface area contributed by atoms with E-state index in [0.717, 1.165) is 15.9 Å². The number of rotatable bonds is 9. The van der Waals surface area contributed by atoms with Crippen LogP contribution in [0.15, 0.2) is 66.7 Å². The molecule has 0 heterocycles. The molecule has 0 aromatic heterocycles. The zero-order valence-corrected chi connectivity index (χ0v) is 20.9. The third-order valence-corrected chi connectivity index (χ3v) is 7.14. The van der Waals surface area contributed by atoms with Gasteiger partial charge in [-0.15, -0.1) is 0 Å². The topological polar surface area (TPSA) is 86.8 Å². The number of anilines is 1. The van der Waals surface area contributed by atoms with E-state index in [2.05, 4.69) is 5.32 Å². The van der Waals surface area contributed by atoms with E-state index in [1.807, 2.05) is 30.3 Å². The van der Waals surface area contributed by atoms with Gasteiger partial charge in [-0.1, -0.05) is 73.1 Å². The van der Waals surface area contributed by atoms with Crippen molar-refractivity contribution in [3.63, 3.8) is 0 Å². The Bertz CT molecular complexity index is 1290. The van der Waals surface area contributed by atoms with Crippen LogP contribution in [0.3, 0.4) is 0 Å². The number of sulfonamides is 1. The Balaban J connectivity index is 2.04. The molecule has 0 unspecified atom stereocenters. The van der Waals surface area contributed by atoms with E-state index in [0.29, 0.717) is 28.1 Å². The van der Waals surface area contributed by atoms with Crippen LogP contribution in [0.2, 0.25) is 5.02 Å². The lowest BCUT2D eigenvalue weighted by molar-refractivity contribution is -0.140. The number of amides is 2. The number of halogens is 1. The summed E-state index contributed by atoms with van der Waals surface area (Å²) in [4.78, 5) is 27.7. The summed E-state index contributed by atoms with van der Waals surface area (Å²) in [7, 11) is -2.32. The van der Waals surface area contributed by atoms with Gasteiger partial charge < -0.3 is 10.2 Å². The van der Waals surface area contributed by atoms with E-state index < -0.39 is 28.5 Å². The largest absolute Gasteiger partial charge is 0.357 e. The first-order valence-electron chi connectivity index (χ1n) is 10.9. The molecule has 34 heavy (non-hydrogen) atoms. The Labute approximate surface area is 205 Å². The summed E-state index contributed by atoms with van der Waals surface area (Å²) in [5, 5.41) is 4.61. The number of benzene rings is 3. The van der Waals surface area contributed by atoms with Crippen LogP contribution in [-0.4, -0.2) is 51.0 Å². The van der Waals surface area contributed by atoms with Gasteiger partial charge in [-0.05, 0) is 29.5 Å². The van der Waals surface area contributed by atoms with Gasteiger partial charge in [0.05, 0.1) is 11.9 Å². The fourth-order valence-corrected chi connectivity index (χ4v) is 4.97. The second-order valence-electron chi connectivity index (χ2n) is 7.92. The number of fused-ring (bicyclic) bond motifs is 1. The molecular formula is C25H28ClN3O4S. The fourth-order valence-electron chi connectivity index (χ4n) is 3.92. The van der Waals surface area contributed by atoms with Crippen LogP contribution in [0.5, 0.6) is 0 Å². The van der Waals surface area contributed by atoms with Crippen molar-refractivity contribution in [3.8, 4) is 0 Å². The number of nitrogens with one attached hydrogen (secondary N) is 1. The van der Waals surface area contributed by atoms with E-state index in [9.17, 15) is 18.0 Å². The number of carbonyl (C=O) groups is 2. The van der Waals surface area contributed by atoms with Crippen LogP contribution in [0, 0.1) is 0 Å². The molecule has 3 aromatic rings. The summed E-state index contributed by atoms with van der Waals surface area (Å²) in [5.74, 6) is -0.840. The normalized spacial score (nSPS) is 12.2. The van der Waals surface area contributed by atoms with Crippen LogP contribution >= 0.6 is 11.6 Å². The van der Waals surface area contributed by atoms with Gasteiger partial charge in [-0.3, -0.25) is 13.9 Å². The van der Waals surface area contributed by atoms with E-state index in [1.165, 1.54) is 11.9 Å². The minimum atomic E-state index is -3.82. The lowest BCUT2D eigenvalue weighted by atomic mass is 10.1. The van der Waals surface area contributed by atoms with Crippen LogP contribution in [0.4, 0.5) is 5.69 Å². The lowest BCUT2D eigenvalue weighted by Gasteiger charge is -2.33. The second-order valence-corrected chi connectivity index (χ2v) is 10.2. The maximum absolute atomic E-state index is 13.6. The summed E-state index contributed by atoms with van der Waals surface area (Å²) in [6.45, 7) is 1.41. The van der Waals surface area contributed by atoms with Gasteiger partial charge in [0.25, 0.3) is 0 Å². The number of nitrogens with zero attached hydrogens (tertiary/aromatic N) is 2. The summed E-state index contributed by atoms with van der Waals surface area (Å²) < 4.78 is 26.8. The zero-order valence-electron chi connectivity index (χ0n) is 19.4. The van der Waals surface area contributed by atoms with Crippen molar-refractivity contribution in [2.75, 3.05) is 24.2 Å². The third kappa shape index (κ3) is 5.69. The van der Waals surface area contributed by atoms with Gasteiger partial charge in [-0.25, -0.2) is 8.42 Å². The number of hydrogen-bond acceptors (Lipinski definition) is 4. The van der Waals surface area contributed by atoms with E-state index >= 15 is 0 Å². The summed E-state index contributed by atoms with van der Waals surface area (Å²) in [6.07, 6.45) is 1.42. The molecule has 9 heteroatoms. The van der Waals surface area contributed by atoms with E-state index in [4.69, 9.17) is 11.6 Å². The van der Waals surface area contributed by atoms with Crippen molar-refractivity contribution in [2.24, 2.45) is 0 Å². The zero-order chi connectivity index (χ0) is 24.9. The second kappa shape index (κ2) is 10.9. The Kier molecular flexibility index (Phi) is 8.17. The highest BCUT2D eigenvalue weighted by Crippen LogP contribution is 2.29. The maximum atomic E-state index is 13.6. The Hall–Kier alpha value is -3.10. The van der Waals surface area contributed by atoms with Crippen molar-refractivity contribution < 1.29 is 18.0 Å². The van der Waals surface area contributed by atoms with Crippen LogP contribution in [0.25, 0.3) is 10.8 Å². The smallest absolute Gasteiger partial charge is 0.244 e. The molecule has 0 aliphatic heterocycles. The standard InChI is InChI=1S/C25H28ClN3O4S/c1-4-22(25(31)27-2)28(16-19-11-6-8-14-21(19)26)24(30)17-29(34(3,32)33)23-15-9-12-18-10-5-7-13-20(18)23/h5-15,22H,4,16-17H2,1-3H3,(H,27,31)/t22-/m1/s1. The number of likely N-dealkylation sites (N-methyl/N-ethyl adjacent to an activating group) is 1. The lowest BCUT2D eigenvalue weighted by Crippen LogP contribution is -2.51. The first-order chi connectivity index (χ1) is 16.2. The van der Waals surface area contributed by atoms with Crippen LogP contribution in [-0.2, 0) is 26.2 Å². The van der Waals surface area contributed by atoms with Gasteiger partial charge in [0.1, 0.15) is 12.6 Å². The predicted octanol–water partition coefficient (Wildman–Crippen LogP) is 3.81. The summed E-state index contributed by atoms with van der Waals surface area (Å²) in [5.41, 5.74) is 1.07. The Morgan fingerprint density at radius 3 is 2.29 bits per heavy atom. The first-order valence-corrected chi connectivity index (χ1v) is 13.1. The van der Waals surface area contributed by atoms with Crippen molar-refractivity contribution >= 4 is 49.9 Å². The monoisotopic (exact) mass is 501 g/mol. The van der Waals surface area contributed by atoms with Gasteiger partial charge in [0, 0.05) is 24.0 Å². The van der Waals surface area contributed by atoms with Crippen molar-refractivity contribution in [1.82, 2.24) is 10.2 Å². The molecule has 0 radical (unpaired) electrons. The highest BCUT2D eigenvalue weighted by molar-refractivity contribution is 7.92. The molecule has 0 aliphatic carbocycles. The number of hydrogen-bond donors (Lipinski definition) is 1. The average molecular weight is 502 g/mol.